The molecule has 4 atom stereocenters. The molecule has 14 rings (SSSR count). The van der Waals surface area contributed by atoms with Crippen LogP contribution in [-0.4, -0.2) is 67.9 Å². The molecule has 4 aromatic carbocycles. The van der Waals surface area contributed by atoms with Crippen LogP contribution in [0.5, 0.6) is 0 Å². The molecule has 2 fully saturated rings. The largest absolute Gasteiger partial charge is 0.334 e. The van der Waals surface area contributed by atoms with Crippen molar-refractivity contribution in [1.29, 1.82) is 0 Å². The van der Waals surface area contributed by atoms with Crippen LogP contribution in [0, 0.1) is 27.7 Å². The van der Waals surface area contributed by atoms with Crippen molar-refractivity contribution < 1.29 is 18.3 Å². The third-order valence-electron chi connectivity index (χ3n) is 21.6. The first-order chi connectivity index (χ1) is 47.1. The van der Waals surface area contributed by atoms with E-state index >= 15 is 0 Å². The minimum absolute atomic E-state index is 0.108. The lowest BCUT2D eigenvalue weighted by molar-refractivity contribution is -0.647. The van der Waals surface area contributed by atoms with Gasteiger partial charge in [0.1, 0.15) is 47.6 Å². The van der Waals surface area contributed by atoms with Gasteiger partial charge in [0, 0.05) is 95.0 Å². The highest BCUT2D eigenvalue weighted by atomic mass is 15.4. The first-order valence-corrected chi connectivity index (χ1v) is 36.3. The van der Waals surface area contributed by atoms with Gasteiger partial charge in [-0.3, -0.25) is 0 Å². The van der Waals surface area contributed by atoms with Crippen molar-refractivity contribution >= 4 is 23.3 Å². The Balaban J connectivity index is 0.000000132. The summed E-state index contributed by atoms with van der Waals surface area (Å²) in [6.45, 7) is 29.1. The fraction of sp³-hybridized carbons (Fsp3) is 0.395. The van der Waals surface area contributed by atoms with Crippen LogP contribution in [0.2, 0.25) is 0 Å². The van der Waals surface area contributed by atoms with Crippen molar-refractivity contribution in [2.45, 2.75) is 196 Å². The van der Waals surface area contributed by atoms with Crippen LogP contribution in [0.15, 0.2) is 219 Å². The quantitative estimate of drug-likeness (QED) is 0.119. The summed E-state index contributed by atoms with van der Waals surface area (Å²) in [4.78, 5) is 19.4. The monoisotopic (exact) mass is 1310 g/mol. The molecule has 0 amide bonds. The number of hydrogen-bond acceptors (Lipinski definition) is 8. The molecule has 2 saturated carbocycles. The molecule has 4 aliphatic heterocycles. The van der Waals surface area contributed by atoms with Crippen LogP contribution in [0.4, 0.5) is 23.3 Å². The second-order valence-corrected chi connectivity index (χ2v) is 29.2. The molecule has 2 aliphatic carbocycles. The average Bonchev–Trinajstić information content (AvgIpc) is 1.62. The van der Waals surface area contributed by atoms with Crippen molar-refractivity contribution in [3.05, 3.63) is 242 Å². The predicted octanol–water partition coefficient (Wildman–Crippen LogP) is 17.2. The van der Waals surface area contributed by atoms with Gasteiger partial charge >= 0.3 is 0 Å². The van der Waals surface area contributed by atoms with E-state index in [1.165, 1.54) is 148 Å². The minimum Gasteiger partial charge on any atom is -0.334 e. The van der Waals surface area contributed by atoms with Crippen molar-refractivity contribution in [2.24, 2.45) is 28.2 Å². The fourth-order valence-electron chi connectivity index (χ4n) is 15.9. The first kappa shape index (κ1) is 70.2. The molecule has 6 aliphatic rings. The Morgan fingerprint density at radius 1 is 0.327 bits per heavy atom. The maximum absolute atomic E-state index is 2.57. The molecule has 8 heterocycles. The summed E-state index contributed by atoms with van der Waals surface area (Å²) in [5, 5.41) is 0. The van der Waals surface area contributed by atoms with Gasteiger partial charge in [-0.05, 0) is 186 Å². The van der Waals surface area contributed by atoms with E-state index in [1.807, 2.05) is 0 Å². The Kier molecular flexibility index (Phi) is 22.0. The number of anilines is 4. The maximum atomic E-state index is 2.57. The van der Waals surface area contributed by atoms with E-state index in [0.29, 0.717) is 42.8 Å². The average molecular weight is 1310 g/mol. The van der Waals surface area contributed by atoms with E-state index in [-0.39, 0.29) is 5.54 Å². The number of aromatic nitrogens is 4. The first-order valence-electron chi connectivity index (χ1n) is 36.3. The minimum atomic E-state index is 0.108. The molecule has 0 radical (unpaired) electrons. The SMILES string of the molecule is Cc1ccccc1-c1cccc(N2C=CN(C(C)(C)C)[C@@H]2C)[n+]1C.Cc1ccccc1-c1cccc(N2C=CN(C(C)C)[C@@H]2C)[n+]1C.Cc1ccccc1-c1cccc(N2C=CN(C3CCCC3)[C@@H]2C)[n+]1C.Cc1ccccc1-c1cccc(N2C=CN(C3CCCCC3)[C@@H]2C)[n+]1C. The molecular weight excluding hydrogens is 1200 g/mol. The lowest BCUT2D eigenvalue weighted by Crippen LogP contribution is -2.49. The lowest BCUT2D eigenvalue weighted by atomic mass is 9.94. The third-order valence-corrected chi connectivity index (χ3v) is 21.6. The number of benzene rings is 4. The fourth-order valence-corrected chi connectivity index (χ4v) is 15.9. The summed E-state index contributed by atoms with van der Waals surface area (Å²) < 4.78 is 9.22. The zero-order valence-electron chi connectivity index (χ0n) is 62.1. The molecule has 4 aromatic heterocycles. The molecule has 0 bridgehead atoms. The van der Waals surface area contributed by atoms with Crippen LogP contribution in [0.3, 0.4) is 0 Å². The van der Waals surface area contributed by atoms with E-state index in [0.717, 1.165) is 0 Å². The Hall–Kier alpha value is -9.16. The highest BCUT2D eigenvalue weighted by molar-refractivity contribution is 5.65. The Bertz CT molecular complexity index is 4160. The maximum Gasteiger partial charge on any atom is 0.283 e. The van der Waals surface area contributed by atoms with Gasteiger partial charge in [0.2, 0.25) is 0 Å². The standard InChI is InChI=1S/C23H30N3.C22H28N3.C21H28N3.C20H26N3/c1-18-10-7-8-13-21(18)22-14-9-15-23(24(22)3)26-17-16-25(19(26)2)20-11-5-4-6-12-20;1-17-9-4-7-12-20(17)21-13-8-14-22(23(21)3)25-16-15-24(18(25)2)19-10-5-6-11-19;1-16-10-7-8-11-18(16)19-12-9-13-20(22(19)6)23-14-15-24(17(23)2)21(3,4)5;1-15(2)22-13-14-23(17(22)4)20-12-8-11-19(21(20)5)18-10-7-6-9-16(18)3/h7-10,13-17,19-20H,4-6,11-12H2,1-3H3;4,7-9,12-16,18-19H,5-6,10-11H2,1-3H3;7-15,17H,1-6H3;6-15,17H,1-5H3/q4*+1/t19-;18-;2*17-/m0010/s1. The molecule has 0 saturated heterocycles. The van der Waals surface area contributed by atoms with E-state index < -0.39 is 0 Å². The van der Waals surface area contributed by atoms with Crippen LogP contribution >= 0.6 is 0 Å². The Morgan fingerprint density at radius 3 is 0.908 bits per heavy atom. The lowest BCUT2D eigenvalue weighted by Gasteiger charge is -2.35. The van der Waals surface area contributed by atoms with Crippen molar-refractivity contribution in [1.82, 2.24) is 19.6 Å². The van der Waals surface area contributed by atoms with E-state index in [2.05, 4.69) is 395 Å². The Labute approximate surface area is 588 Å². The van der Waals surface area contributed by atoms with Gasteiger partial charge in [0.25, 0.3) is 23.3 Å². The zero-order chi connectivity index (χ0) is 69.5. The summed E-state index contributed by atoms with van der Waals surface area (Å²) in [6, 6.07) is 62.6. The Morgan fingerprint density at radius 2 is 0.612 bits per heavy atom. The molecule has 512 valence electrons. The molecular formula is C86H112N12+4. The number of aryl methyl sites for hydroxylation is 4. The summed E-state index contributed by atoms with van der Waals surface area (Å²) in [6.07, 6.45) is 31.5. The highest BCUT2D eigenvalue weighted by Gasteiger charge is 2.40. The summed E-state index contributed by atoms with van der Waals surface area (Å²) in [7, 11) is 8.66. The van der Waals surface area contributed by atoms with E-state index in [9.17, 15) is 0 Å². The number of hydrogen-bond donors (Lipinski definition) is 0. The van der Waals surface area contributed by atoms with Crippen LogP contribution < -0.4 is 37.9 Å². The molecule has 8 aromatic rings. The van der Waals surface area contributed by atoms with Gasteiger partial charge in [-0.25, -0.2) is 37.9 Å². The molecule has 12 heteroatoms. The third kappa shape index (κ3) is 14.8. The molecule has 0 spiro atoms. The molecule has 12 nitrogen and oxygen atoms in total. The molecule has 0 N–H and O–H groups in total. The number of nitrogens with zero attached hydrogens (tertiary/aromatic N) is 12. The second-order valence-electron chi connectivity index (χ2n) is 29.2. The van der Waals surface area contributed by atoms with Gasteiger partial charge < -0.3 is 19.6 Å². The second kappa shape index (κ2) is 30.7. The zero-order valence-corrected chi connectivity index (χ0v) is 62.1. The summed E-state index contributed by atoms with van der Waals surface area (Å²) in [5.74, 6) is 4.89. The van der Waals surface area contributed by atoms with Gasteiger partial charge in [-0.15, -0.1) is 0 Å². The summed E-state index contributed by atoms with van der Waals surface area (Å²) >= 11 is 0. The van der Waals surface area contributed by atoms with Crippen molar-refractivity contribution in [3.63, 3.8) is 0 Å². The smallest absolute Gasteiger partial charge is 0.283 e. The van der Waals surface area contributed by atoms with E-state index in [1.54, 1.807) is 0 Å². The topological polar surface area (TPSA) is 41.4 Å². The van der Waals surface area contributed by atoms with Gasteiger partial charge in [-0.1, -0.05) is 129 Å². The van der Waals surface area contributed by atoms with Crippen LogP contribution in [-0.2, 0) is 28.2 Å². The van der Waals surface area contributed by atoms with Gasteiger partial charge in [0.15, 0.2) is 24.7 Å². The molecule has 0 unspecified atom stereocenters. The van der Waals surface area contributed by atoms with E-state index in [4.69, 9.17) is 0 Å². The highest BCUT2D eigenvalue weighted by Crippen LogP contribution is 2.36. The van der Waals surface area contributed by atoms with Gasteiger partial charge in [-0.2, -0.15) is 0 Å². The van der Waals surface area contributed by atoms with Crippen LogP contribution in [0.1, 0.15) is 142 Å². The normalized spacial score (nSPS) is 19.2. The summed E-state index contributed by atoms with van der Waals surface area (Å²) in [5.41, 5.74) is 15.5. The van der Waals surface area contributed by atoms with Crippen LogP contribution in [0.25, 0.3) is 45.0 Å². The molecule has 98 heavy (non-hydrogen) atoms. The number of pyridine rings is 4. The van der Waals surface area contributed by atoms with Crippen molar-refractivity contribution in [3.8, 4) is 45.0 Å². The number of rotatable bonds is 11. The van der Waals surface area contributed by atoms with Crippen molar-refractivity contribution in [2.75, 3.05) is 19.6 Å². The predicted molar refractivity (Wildman–Crippen MR) is 407 cm³/mol. The van der Waals surface area contributed by atoms with Gasteiger partial charge in [0.05, 0.1) is 28.2 Å².